The number of amides is 4. The van der Waals surface area contributed by atoms with Crippen LogP contribution < -0.4 is 11.1 Å². The van der Waals surface area contributed by atoms with Crippen molar-refractivity contribution >= 4 is 61.2 Å². The van der Waals surface area contributed by atoms with E-state index in [1.54, 1.807) is 17.0 Å². The Bertz CT molecular complexity index is 1130. The van der Waals surface area contributed by atoms with Gasteiger partial charge in [-0.1, -0.05) is 30.3 Å². The molecular formula is C25H26Br2N4O4. The number of nitrogens with one attached hydrogen (secondary N) is 1. The average molecular weight is 606 g/mol. The Hall–Kier alpha value is -2.72. The number of nitrogens with two attached hydrogens (primary N) is 1. The van der Waals surface area contributed by atoms with Crippen LogP contribution in [-0.4, -0.2) is 58.6 Å². The molecule has 0 aromatic heterocycles. The van der Waals surface area contributed by atoms with Gasteiger partial charge in [-0.25, -0.2) is 4.79 Å². The first-order valence-corrected chi connectivity index (χ1v) is 13.1. The Kier molecular flexibility index (Phi) is 7.91. The van der Waals surface area contributed by atoms with Crippen molar-refractivity contribution < 1.29 is 19.2 Å². The minimum Gasteiger partial charge on any atom is -0.397 e. The molecule has 2 heterocycles. The van der Waals surface area contributed by atoms with Crippen molar-refractivity contribution in [3.63, 3.8) is 0 Å². The monoisotopic (exact) mass is 604 g/mol. The molecule has 1 unspecified atom stereocenters. The number of hydrogen-bond donors (Lipinski definition) is 2. The third-order valence-corrected chi connectivity index (χ3v) is 7.80. The molecule has 2 fully saturated rings. The fourth-order valence-electron chi connectivity index (χ4n) is 4.52. The fraction of sp³-hybridized carbons (Fsp3) is 0.360. The average Bonchev–Trinajstić information content (AvgIpc) is 3.13. The molecule has 2 aliphatic heterocycles. The number of urea groups is 1. The fourth-order valence-corrected chi connectivity index (χ4v) is 5.71. The van der Waals surface area contributed by atoms with E-state index >= 15 is 0 Å². The second-order valence-corrected chi connectivity index (χ2v) is 10.5. The highest BCUT2D eigenvalue weighted by molar-refractivity contribution is 9.11. The van der Waals surface area contributed by atoms with E-state index in [4.69, 9.17) is 5.73 Å². The lowest BCUT2D eigenvalue weighted by molar-refractivity contribution is -0.133. The predicted octanol–water partition coefficient (Wildman–Crippen LogP) is 3.91. The number of benzene rings is 2. The molecule has 0 radical (unpaired) electrons. The number of halogens is 2. The molecular weight excluding hydrogens is 580 g/mol. The van der Waals surface area contributed by atoms with E-state index in [0.717, 1.165) is 5.56 Å². The van der Waals surface area contributed by atoms with Gasteiger partial charge >= 0.3 is 6.03 Å². The highest BCUT2D eigenvalue weighted by atomic mass is 79.9. The number of piperidine rings is 1. The van der Waals surface area contributed by atoms with Gasteiger partial charge in [-0.05, 0) is 62.4 Å². The summed E-state index contributed by atoms with van der Waals surface area (Å²) < 4.78 is 1.24. The molecule has 3 N–H and O–H groups in total. The van der Waals surface area contributed by atoms with Crippen LogP contribution in [0.3, 0.4) is 0 Å². The first-order valence-electron chi connectivity index (χ1n) is 11.5. The lowest BCUT2D eigenvalue weighted by atomic mass is 10.0. The number of imide groups is 1. The molecule has 35 heavy (non-hydrogen) atoms. The van der Waals surface area contributed by atoms with Crippen LogP contribution in [0, 0.1) is 0 Å². The van der Waals surface area contributed by atoms with Gasteiger partial charge in [0, 0.05) is 52.9 Å². The van der Waals surface area contributed by atoms with Crippen molar-refractivity contribution in [1.82, 2.24) is 15.1 Å². The van der Waals surface area contributed by atoms with Crippen molar-refractivity contribution in [3.8, 4) is 0 Å². The number of Topliss-reactive ketones (excluding diaryl/α,β-unsaturated/α-hetero) is 1. The smallest absolute Gasteiger partial charge is 0.325 e. The molecule has 4 amide bonds. The molecule has 2 aromatic rings. The molecule has 0 bridgehead atoms. The normalized spacial score (nSPS) is 18.6. The number of ketones is 1. The lowest BCUT2D eigenvalue weighted by Gasteiger charge is -2.35. The second-order valence-electron chi connectivity index (χ2n) is 8.79. The Morgan fingerprint density at radius 3 is 2.26 bits per heavy atom. The molecule has 0 saturated carbocycles. The third kappa shape index (κ3) is 5.75. The molecule has 184 valence electrons. The van der Waals surface area contributed by atoms with Crippen molar-refractivity contribution in [2.24, 2.45) is 0 Å². The Labute approximate surface area is 220 Å². The van der Waals surface area contributed by atoms with Crippen molar-refractivity contribution in [2.75, 3.05) is 18.8 Å². The molecule has 4 rings (SSSR count). The number of hydrogen-bond acceptors (Lipinski definition) is 5. The summed E-state index contributed by atoms with van der Waals surface area (Å²) in [4.78, 5) is 53.8. The van der Waals surface area contributed by atoms with Crippen LogP contribution in [0.1, 0.15) is 41.6 Å². The van der Waals surface area contributed by atoms with Crippen molar-refractivity contribution in [1.29, 1.82) is 0 Å². The summed E-state index contributed by atoms with van der Waals surface area (Å²) in [6.07, 6.45) is 1.69. The van der Waals surface area contributed by atoms with Gasteiger partial charge in [-0.2, -0.15) is 0 Å². The highest BCUT2D eigenvalue weighted by Crippen LogP contribution is 2.30. The predicted molar refractivity (Wildman–Crippen MR) is 139 cm³/mol. The Morgan fingerprint density at radius 1 is 1.00 bits per heavy atom. The molecule has 2 saturated heterocycles. The Morgan fingerprint density at radius 2 is 1.63 bits per heavy atom. The van der Waals surface area contributed by atoms with E-state index in [1.807, 2.05) is 30.3 Å². The van der Waals surface area contributed by atoms with E-state index < -0.39 is 6.04 Å². The largest absolute Gasteiger partial charge is 0.397 e. The zero-order valence-corrected chi connectivity index (χ0v) is 22.2. The van der Waals surface area contributed by atoms with Gasteiger partial charge in [-0.15, -0.1) is 0 Å². The summed E-state index contributed by atoms with van der Waals surface area (Å²) in [5.41, 5.74) is 7.85. The molecule has 8 nitrogen and oxygen atoms in total. The first kappa shape index (κ1) is 25.4. The van der Waals surface area contributed by atoms with E-state index in [-0.39, 0.29) is 42.5 Å². The van der Waals surface area contributed by atoms with Crippen LogP contribution in [-0.2, 0) is 16.0 Å². The van der Waals surface area contributed by atoms with Crippen molar-refractivity contribution in [2.45, 2.75) is 44.2 Å². The summed E-state index contributed by atoms with van der Waals surface area (Å²) in [5, 5.41) is 2.80. The number of anilines is 1. The zero-order valence-electron chi connectivity index (χ0n) is 19.0. The number of nitrogens with zero attached hydrogens (tertiary/aromatic N) is 2. The SMILES string of the molecule is Nc1c(Br)cc(C(=O)CCC(=O)N2CCC(N3C(=O)NC(Cc4ccccc4)C3=O)CC2)cc1Br. The minimum absolute atomic E-state index is 0.0930. The third-order valence-electron chi connectivity index (χ3n) is 6.48. The maximum atomic E-state index is 12.9. The van der Waals surface area contributed by atoms with E-state index in [2.05, 4.69) is 37.2 Å². The molecule has 2 aliphatic rings. The topological polar surface area (TPSA) is 113 Å². The zero-order chi connectivity index (χ0) is 25.1. The van der Waals surface area contributed by atoms with Gasteiger partial charge in [-0.3, -0.25) is 19.3 Å². The standard InChI is InChI=1S/C25H26Br2N4O4/c26-18-13-16(14-19(27)23(18)28)21(32)6-7-22(33)30-10-8-17(9-11-30)31-24(34)20(29-25(31)35)12-15-4-2-1-3-5-15/h1-5,13-14,17,20H,6-12,28H2,(H,29,35). The number of nitrogen functional groups attached to an aromatic ring is 1. The minimum atomic E-state index is -0.566. The lowest BCUT2D eigenvalue weighted by Crippen LogP contribution is -2.49. The van der Waals surface area contributed by atoms with Gasteiger partial charge < -0.3 is 16.0 Å². The maximum absolute atomic E-state index is 12.9. The molecule has 0 aliphatic carbocycles. The van der Waals surface area contributed by atoms with Gasteiger partial charge in [0.15, 0.2) is 5.78 Å². The number of carbonyl (C=O) groups is 4. The molecule has 10 heteroatoms. The van der Waals surface area contributed by atoms with E-state index in [0.29, 0.717) is 52.5 Å². The first-order chi connectivity index (χ1) is 16.7. The maximum Gasteiger partial charge on any atom is 0.325 e. The van der Waals surface area contributed by atoms with Crippen LogP contribution in [0.15, 0.2) is 51.4 Å². The number of likely N-dealkylation sites (tertiary alicyclic amines) is 1. The van der Waals surface area contributed by atoms with Gasteiger partial charge in [0.25, 0.3) is 5.91 Å². The quantitative estimate of drug-likeness (QED) is 0.282. The Balaban J connectivity index is 1.27. The molecule has 1 atom stereocenters. The van der Waals surface area contributed by atoms with Gasteiger partial charge in [0.1, 0.15) is 6.04 Å². The van der Waals surface area contributed by atoms with E-state index in [1.165, 1.54) is 4.90 Å². The summed E-state index contributed by atoms with van der Waals surface area (Å²) in [6.45, 7) is 0.883. The number of carbonyl (C=O) groups excluding carboxylic acids is 4. The van der Waals surface area contributed by atoms with Crippen LogP contribution >= 0.6 is 31.9 Å². The van der Waals surface area contributed by atoms with Crippen LogP contribution in [0.2, 0.25) is 0 Å². The van der Waals surface area contributed by atoms with Crippen LogP contribution in [0.5, 0.6) is 0 Å². The van der Waals surface area contributed by atoms with E-state index in [9.17, 15) is 19.2 Å². The van der Waals surface area contributed by atoms with Gasteiger partial charge in [0.05, 0.1) is 5.69 Å². The van der Waals surface area contributed by atoms with Gasteiger partial charge in [0.2, 0.25) is 5.91 Å². The summed E-state index contributed by atoms with van der Waals surface area (Å²) >= 11 is 6.66. The second kappa shape index (κ2) is 10.9. The van der Waals surface area contributed by atoms with Crippen LogP contribution in [0.25, 0.3) is 0 Å². The molecule has 0 spiro atoms. The van der Waals surface area contributed by atoms with Crippen molar-refractivity contribution in [3.05, 3.63) is 62.5 Å². The summed E-state index contributed by atoms with van der Waals surface area (Å²) in [6, 6.07) is 11.7. The molecule has 2 aromatic carbocycles. The number of rotatable bonds is 7. The van der Waals surface area contributed by atoms with Crippen LogP contribution in [0.4, 0.5) is 10.5 Å². The highest BCUT2D eigenvalue weighted by Gasteiger charge is 2.43. The summed E-state index contributed by atoms with van der Waals surface area (Å²) in [7, 11) is 0. The summed E-state index contributed by atoms with van der Waals surface area (Å²) in [5.74, 6) is -0.460.